The Morgan fingerprint density at radius 2 is 2.24 bits per heavy atom. The van der Waals surface area contributed by atoms with E-state index in [4.69, 9.17) is 11.6 Å². The van der Waals surface area contributed by atoms with E-state index in [-0.39, 0.29) is 10.6 Å². The number of anilines is 2. The number of halogens is 1. The number of hydrogen-bond donors (Lipinski definition) is 2. The van der Waals surface area contributed by atoms with Crippen LogP contribution in [-0.2, 0) is 12.8 Å². The van der Waals surface area contributed by atoms with Gasteiger partial charge in [0.25, 0.3) is 0 Å². The van der Waals surface area contributed by atoms with Crippen molar-refractivity contribution in [2.75, 3.05) is 5.32 Å². The first-order chi connectivity index (χ1) is 12.0. The van der Waals surface area contributed by atoms with Crippen LogP contribution in [0.5, 0.6) is 0 Å². The average molecular weight is 374 g/mol. The van der Waals surface area contributed by atoms with E-state index in [1.165, 1.54) is 16.5 Å². The number of carbonyl (C=O) groups is 1. The molecule has 1 aromatic carbocycles. The molecule has 0 aliphatic heterocycles. The number of carboxylic acid groups (broad SMARTS) is 1. The first kappa shape index (κ1) is 16.3. The summed E-state index contributed by atoms with van der Waals surface area (Å²) in [6.45, 7) is 2.28. The third-order valence-electron chi connectivity index (χ3n) is 4.55. The third-order valence-corrected chi connectivity index (χ3v) is 6.04. The van der Waals surface area contributed by atoms with Crippen LogP contribution in [0.15, 0.2) is 24.5 Å². The summed E-state index contributed by atoms with van der Waals surface area (Å²) in [4.78, 5) is 22.5. The van der Waals surface area contributed by atoms with Crippen LogP contribution in [-0.4, -0.2) is 21.0 Å². The van der Waals surface area contributed by atoms with E-state index in [9.17, 15) is 9.90 Å². The minimum Gasteiger partial charge on any atom is -0.478 e. The van der Waals surface area contributed by atoms with Gasteiger partial charge >= 0.3 is 5.97 Å². The van der Waals surface area contributed by atoms with E-state index in [1.54, 1.807) is 29.8 Å². The van der Waals surface area contributed by atoms with Crippen molar-refractivity contribution in [1.82, 2.24) is 9.97 Å². The fourth-order valence-electron chi connectivity index (χ4n) is 3.27. The van der Waals surface area contributed by atoms with Gasteiger partial charge in [-0.2, -0.15) is 0 Å². The Kier molecular flexibility index (Phi) is 4.09. The predicted octanol–water partition coefficient (Wildman–Crippen LogP) is 4.91. The van der Waals surface area contributed by atoms with Gasteiger partial charge in [-0.25, -0.2) is 14.8 Å². The van der Waals surface area contributed by atoms with Gasteiger partial charge < -0.3 is 10.4 Å². The highest BCUT2D eigenvalue weighted by Gasteiger charge is 2.23. The van der Waals surface area contributed by atoms with Crippen LogP contribution in [0.3, 0.4) is 0 Å². The Hall–Kier alpha value is -2.18. The van der Waals surface area contributed by atoms with Gasteiger partial charge in [0.2, 0.25) is 0 Å². The SMILES string of the molecule is CC1CCc2c(sc3ncnc(Nc4ccc(Cl)c(C(=O)O)c4)c23)C1. The van der Waals surface area contributed by atoms with E-state index >= 15 is 0 Å². The van der Waals surface area contributed by atoms with Crippen LogP contribution in [0.25, 0.3) is 10.2 Å². The van der Waals surface area contributed by atoms with Crippen molar-refractivity contribution in [3.63, 3.8) is 0 Å². The van der Waals surface area contributed by atoms with Crippen molar-refractivity contribution in [3.8, 4) is 0 Å². The van der Waals surface area contributed by atoms with Crippen molar-refractivity contribution in [2.45, 2.75) is 26.2 Å². The lowest BCUT2D eigenvalue weighted by atomic mass is 9.89. The summed E-state index contributed by atoms with van der Waals surface area (Å²) in [6, 6.07) is 4.86. The van der Waals surface area contributed by atoms with E-state index in [0.29, 0.717) is 11.6 Å². The number of aryl methyl sites for hydroxylation is 1. The molecular formula is C18H16ClN3O2S. The molecule has 128 valence electrons. The first-order valence-electron chi connectivity index (χ1n) is 8.08. The molecule has 1 aliphatic carbocycles. The highest BCUT2D eigenvalue weighted by Crippen LogP contribution is 2.40. The molecule has 2 aromatic heterocycles. The molecule has 5 nitrogen and oxygen atoms in total. The van der Waals surface area contributed by atoms with Crippen molar-refractivity contribution in [3.05, 3.63) is 45.6 Å². The number of aromatic nitrogens is 2. The maximum Gasteiger partial charge on any atom is 0.337 e. The molecule has 0 amide bonds. The van der Waals surface area contributed by atoms with Gasteiger partial charge in [0.05, 0.1) is 16.0 Å². The van der Waals surface area contributed by atoms with Crippen molar-refractivity contribution in [1.29, 1.82) is 0 Å². The van der Waals surface area contributed by atoms with E-state index in [1.807, 2.05) is 0 Å². The normalized spacial score (nSPS) is 16.6. The summed E-state index contributed by atoms with van der Waals surface area (Å²) in [6.07, 6.45) is 4.82. The molecule has 4 rings (SSSR count). The fraction of sp³-hybridized carbons (Fsp3) is 0.278. The molecule has 1 unspecified atom stereocenters. The molecule has 2 heterocycles. The van der Waals surface area contributed by atoms with Crippen molar-refractivity contribution < 1.29 is 9.90 Å². The number of rotatable bonds is 3. The molecule has 1 atom stereocenters. The molecule has 7 heteroatoms. The highest BCUT2D eigenvalue weighted by molar-refractivity contribution is 7.19. The summed E-state index contributed by atoms with van der Waals surface area (Å²) in [7, 11) is 0. The van der Waals surface area contributed by atoms with Crippen LogP contribution in [0.4, 0.5) is 11.5 Å². The van der Waals surface area contributed by atoms with Crippen LogP contribution in [0, 0.1) is 5.92 Å². The molecule has 1 aliphatic rings. The molecule has 2 N–H and O–H groups in total. The minimum atomic E-state index is -1.05. The summed E-state index contributed by atoms with van der Waals surface area (Å²) in [5.74, 6) is 0.360. The molecule has 0 saturated heterocycles. The summed E-state index contributed by atoms with van der Waals surface area (Å²) in [5.41, 5.74) is 2.04. The number of carboxylic acids is 1. The van der Waals surface area contributed by atoms with Crippen LogP contribution >= 0.6 is 22.9 Å². The number of benzene rings is 1. The second-order valence-corrected chi connectivity index (χ2v) is 7.87. The highest BCUT2D eigenvalue weighted by atomic mass is 35.5. The number of thiophene rings is 1. The van der Waals surface area contributed by atoms with E-state index in [2.05, 4.69) is 22.2 Å². The van der Waals surface area contributed by atoms with Gasteiger partial charge in [-0.05, 0) is 48.9 Å². The van der Waals surface area contributed by atoms with E-state index < -0.39 is 5.97 Å². The molecule has 0 saturated carbocycles. The second-order valence-electron chi connectivity index (χ2n) is 6.38. The maximum atomic E-state index is 11.3. The summed E-state index contributed by atoms with van der Waals surface area (Å²) < 4.78 is 0. The quantitative estimate of drug-likeness (QED) is 0.682. The molecule has 25 heavy (non-hydrogen) atoms. The standard InChI is InChI=1S/C18H16ClN3O2S/c1-9-2-4-11-14(6-9)25-17-15(11)16(20-8-21-17)22-10-3-5-13(19)12(7-10)18(23)24/h3,5,7-9H,2,4,6H2,1H3,(H,23,24)(H,20,21,22). The van der Waals surface area contributed by atoms with Gasteiger partial charge in [0.1, 0.15) is 17.0 Å². The van der Waals surface area contributed by atoms with Gasteiger partial charge in [0.15, 0.2) is 0 Å². The number of fused-ring (bicyclic) bond motifs is 3. The number of hydrogen-bond acceptors (Lipinski definition) is 5. The second kappa shape index (κ2) is 6.28. The van der Waals surface area contributed by atoms with Gasteiger partial charge in [-0.3, -0.25) is 0 Å². The van der Waals surface area contributed by atoms with Crippen molar-refractivity contribution >= 4 is 50.6 Å². The molecule has 0 fully saturated rings. The van der Waals surface area contributed by atoms with Crippen molar-refractivity contribution in [2.24, 2.45) is 5.92 Å². The topological polar surface area (TPSA) is 75.1 Å². The summed E-state index contributed by atoms with van der Waals surface area (Å²) in [5, 5.41) is 13.8. The Bertz CT molecular complexity index is 986. The van der Waals surface area contributed by atoms with Crippen LogP contribution < -0.4 is 5.32 Å². The van der Waals surface area contributed by atoms with Gasteiger partial charge in [0, 0.05) is 10.6 Å². The zero-order valence-corrected chi connectivity index (χ0v) is 15.1. The summed E-state index contributed by atoms with van der Waals surface area (Å²) >= 11 is 7.68. The Labute approximate surface area is 153 Å². The van der Waals surface area contributed by atoms with Gasteiger partial charge in [-0.1, -0.05) is 18.5 Å². The molecule has 0 radical (unpaired) electrons. The zero-order valence-electron chi connectivity index (χ0n) is 13.5. The maximum absolute atomic E-state index is 11.3. The van der Waals surface area contributed by atoms with E-state index in [0.717, 1.165) is 35.3 Å². The lowest BCUT2D eigenvalue weighted by molar-refractivity contribution is 0.0697. The lowest BCUT2D eigenvalue weighted by Gasteiger charge is -2.18. The Morgan fingerprint density at radius 3 is 3.04 bits per heavy atom. The molecular weight excluding hydrogens is 358 g/mol. The molecule has 0 bridgehead atoms. The average Bonchev–Trinajstić information content (AvgIpc) is 2.94. The van der Waals surface area contributed by atoms with Gasteiger partial charge in [-0.15, -0.1) is 11.3 Å². The first-order valence-corrected chi connectivity index (χ1v) is 9.27. The molecule has 3 aromatic rings. The number of nitrogens with zero attached hydrogens (tertiary/aromatic N) is 2. The predicted molar refractivity (Wildman–Crippen MR) is 100 cm³/mol. The Balaban J connectivity index is 1.78. The minimum absolute atomic E-state index is 0.0677. The third kappa shape index (κ3) is 2.96. The molecule has 0 spiro atoms. The lowest BCUT2D eigenvalue weighted by Crippen LogP contribution is -2.09. The van der Waals surface area contributed by atoms with Crippen LogP contribution in [0.1, 0.15) is 34.1 Å². The monoisotopic (exact) mass is 373 g/mol. The Morgan fingerprint density at radius 1 is 1.40 bits per heavy atom. The largest absolute Gasteiger partial charge is 0.478 e. The number of nitrogens with one attached hydrogen (secondary N) is 1. The number of aromatic carboxylic acids is 1. The smallest absolute Gasteiger partial charge is 0.337 e. The zero-order chi connectivity index (χ0) is 17.6. The fourth-order valence-corrected chi connectivity index (χ4v) is 4.82. The van der Waals surface area contributed by atoms with Crippen LogP contribution in [0.2, 0.25) is 5.02 Å².